The summed E-state index contributed by atoms with van der Waals surface area (Å²) in [6, 6.07) is 102. The van der Waals surface area contributed by atoms with Crippen molar-refractivity contribution >= 4 is 43.6 Å². The molecule has 2 aromatic heterocycles. The van der Waals surface area contributed by atoms with Crippen molar-refractivity contribution < 1.29 is 0 Å². The van der Waals surface area contributed by atoms with E-state index in [0.717, 1.165) is 16.9 Å². The Morgan fingerprint density at radius 1 is 0.203 bits per heavy atom. The summed E-state index contributed by atoms with van der Waals surface area (Å²) < 4.78 is 4.87. The summed E-state index contributed by atoms with van der Waals surface area (Å²) in [5.41, 5.74) is 18.5. The third-order valence-corrected chi connectivity index (χ3v) is 14.3. The van der Waals surface area contributed by atoms with Gasteiger partial charge in [0.05, 0.1) is 27.5 Å². The van der Waals surface area contributed by atoms with Crippen LogP contribution in [0.1, 0.15) is 22.3 Å². The molecule has 0 unspecified atom stereocenters. The fourth-order valence-electron chi connectivity index (χ4n) is 11.1. The fraction of sp³-hybridized carbons (Fsp3) is 0.0149. The molecule has 0 atom stereocenters. The van der Waals surface area contributed by atoms with Gasteiger partial charge in [-0.05, 0) is 116 Å². The van der Waals surface area contributed by atoms with Crippen molar-refractivity contribution in [3.05, 3.63) is 301 Å². The van der Waals surface area contributed by atoms with Crippen molar-refractivity contribution in [1.29, 1.82) is 0 Å². The lowest BCUT2D eigenvalue weighted by Gasteiger charge is -2.37. The zero-order valence-corrected chi connectivity index (χ0v) is 38.0. The highest BCUT2D eigenvalue weighted by Gasteiger charge is 2.38. The maximum Gasteiger partial charge on any atom is 0.0702 e. The number of para-hydroxylation sites is 1. The lowest BCUT2D eigenvalue weighted by Crippen LogP contribution is -2.31. The molecule has 0 N–H and O–H groups in total. The Morgan fingerprint density at radius 2 is 0.551 bits per heavy atom. The summed E-state index contributed by atoms with van der Waals surface area (Å²) in [4.78, 5) is 0. The monoisotopic (exact) mass is 878 g/mol. The number of hydrogen-bond donors (Lipinski definition) is 0. The van der Waals surface area contributed by atoms with Crippen LogP contribution in [0.4, 0.5) is 0 Å². The van der Waals surface area contributed by atoms with Gasteiger partial charge in [0, 0.05) is 32.9 Å². The molecule has 0 radical (unpaired) electrons. The fourth-order valence-corrected chi connectivity index (χ4v) is 11.1. The maximum atomic E-state index is 2.47. The topological polar surface area (TPSA) is 9.86 Å². The van der Waals surface area contributed by atoms with Crippen molar-refractivity contribution in [2.24, 2.45) is 0 Å². The maximum absolute atomic E-state index is 2.47. The van der Waals surface area contributed by atoms with Crippen LogP contribution in [-0.4, -0.2) is 9.13 Å². The van der Waals surface area contributed by atoms with E-state index in [1.54, 1.807) is 0 Å². The third kappa shape index (κ3) is 6.72. The van der Waals surface area contributed by atoms with Gasteiger partial charge in [-0.25, -0.2) is 0 Å². The molecule has 69 heavy (non-hydrogen) atoms. The van der Waals surface area contributed by atoms with E-state index in [9.17, 15) is 0 Å². The van der Waals surface area contributed by atoms with Gasteiger partial charge in [-0.2, -0.15) is 0 Å². The molecular weight excluding hydrogens is 833 g/mol. The zero-order chi connectivity index (χ0) is 45.7. The van der Waals surface area contributed by atoms with Crippen LogP contribution >= 0.6 is 0 Å². The minimum atomic E-state index is -0.583. The number of nitrogens with zero attached hydrogens (tertiary/aromatic N) is 2. The minimum absolute atomic E-state index is 0.583. The number of aromatic nitrogens is 2. The Bertz CT molecular complexity index is 3850. The van der Waals surface area contributed by atoms with Crippen LogP contribution in [0.2, 0.25) is 0 Å². The van der Waals surface area contributed by atoms with Crippen molar-refractivity contribution in [3.8, 4) is 44.8 Å². The third-order valence-electron chi connectivity index (χ3n) is 14.3. The molecule has 0 saturated carbocycles. The Morgan fingerprint density at radius 3 is 1.01 bits per heavy atom. The molecule has 2 heteroatoms. The summed E-state index contributed by atoms with van der Waals surface area (Å²) in [6.45, 7) is 0. The molecule has 0 bridgehead atoms. The average Bonchev–Trinajstić information content (AvgIpc) is 3.94. The SMILES string of the molecule is c1ccc(-c2ccc(-n3c4ccccc4c4cc(-c5ccc6c(c5)c5ccc(C(c7ccccc7)(c7ccccc7)c7ccccc7)cc5n6-c5ccc(-c6ccccc6)cc5)ccc43)cc2)cc1. The molecule has 13 rings (SSSR count). The molecule has 0 aliphatic heterocycles. The van der Waals surface area contributed by atoms with Gasteiger partial charge in [-0.15, -0.1) is 0 Å². The van der Waals surface area contributed by atoms with Crippen LogP contribution < -0.4 is 0 Å². The Balaban J connectivity index is 1.01. The zero-order valence-electron chi connectivity index (χ0n) is 38.0. The van der Waals surface area contributed by atoms with E-state index in [1.807, 2.05) is 0 Å². The van der Waals surface area contributed by atoms with Crippen molar-refractivity contribution in [2.75, 3.05) is 0 Å². The van der Waals surface area contributed by atoms with Gasteiger partial charge in [-0.1, -0.05) is 218 Å². The lowest BCUT2D eigenvalue weighted by atomic mass is 9.65. The number of rotatable bonds is 9. The summed E-state index contributed by atoms with van der Waals surface area (Å²) in [7, 11) is 0. The molecule has 2 nitrogen and oxygen atoms in total. The Kier molecular flexibility index (Phi) is 9.77. The van der Waals surface area contributed by atoms with Crippen LogP contribution in [0.25, 0.3) is 88.4 Å². The molecule has 0 fully saturated rings. The van der Waals surface area contributed by atoms with E-state index >= 15 is 0 Å². The molecule has 324 valence electrons. The van der Waals surface area contributed by atoms with Gasteiger partial charge in [0.2, 0.25) is 0 Å². The smallest absolute Gasteiger partial charge is 0.0702 e. The van der Waals surface area contributed by atoms with Crippen molar-refractivity contribution in [3.63, 3.8) is 0 Å². The normalized spacial score (nSPS) is 11.8. The molecule has 2 heterocycles. The second-order valence-electron chi connectivity index (χ2n) is 18.1. The molecule has 0 aliphatic carbocycles. The first-order valence-corrected chi connectivity index (χ1v) is 23.8. The van der Waals surface area contributed by atoms with Gasteiger partial charge in [0.1, 0.15) is 0 Å². The predicted octanol–water partition coefficient (Wildman–Crippen LogP) is 17.3. The van der Waals surface area contributed by atoms with Crippen molar-refractivity contribution in [1.82, 2.24) is 9.13 Å². The summed E-state index contributed by atoms with van der Waals surface area (Å²) in [5, 5.41) is 4.90. The minimum Gasteiger partial charge on any atom is -0.309 e. The first-order chi connectivity index (χ1) is 34.2. The second kappa shape index (κ2) is 16.7. The van der Waals surface area contributed by atoms with Crippen LogP contribution in [0.3, 0.4) is 0 Å². The Hall–Kier alpha value is -8.98. The van der Waals surface area contributed by atoms with Gasteiger partial charge >= 0.3 is 0 Å². The number of fused-ring (bicyclic) bond motifs is 6. The highest BCUT2D eigenvalue weighted by Crippen LogP contribution is 2.47. The van der Waals surface area contributed by atoms with Crippen LogP contribution in [0.15, 0.2) is 279 Å². The predicted molar refractivity (Wildman–Crippen MR) is 290 cm³/mol. The van der Waals surface area contributed by atoms with E-state index in [4.69, 9.17) is 0 Å². The molecule has 0 amide bonds. The number of hydrogen-bond acceptors (Lipinski definition) is 0. The highest BCUT2D eigenvalue weighted by molar-refractivity contribution is 6.13. The highest BCUT2D eigenvalue weighted by atomic mass is 15.0. The van der Waals surface area contributed by atoms with Crippen LogP contribution in [0, 0.1) is 0 Å². The summed E-state index contributed by atoms with van der Waals surface area (Å²) in [5.74, 6) is 0. The summed E-state index contributed by atoms with van der Waals surface area (Å²) >= 11 is 0. The van der Waals surface area contributed by atoms with Crippen LogP contribution in [0.5, 0.6) is 0 Å². The molecule has 13 aromatic rings. The van der Waals surface area contributed by atoms with Gasteiger partial charge in [0.25, 0.3) is 0 Å². The summed E-state index contributed by atoms with van der Waals surface area (Å²) in [6.07, 6.45) is 0. The second-order valence-corrected chi connectivity index (χ2v) is 18.1. The molecule has 0 aliphatic rings. The molecule has 11 aromatic carbocycles. The van der Waals surface area contributed by atoms with Crippen molar-refractivity contribution in [2.45, 2.75) is 5.41 Å². The van der Waals surface area contributed by atoms with E-state index < -0.39 is 5.41 Å². The van der Waals surface area contributed by atoms with Gasteiger partial charge < -0.3 is 9.13 Å². The molecular formula is C67H46N2. The quantitative estimate of drug-likeness (QED) is 0.128. The molecule has 0 saturated heterocycles. The Labute approximate surface area is 402 Å². The van der Waals surface area contributed by atoms with Gasteiger partial charge in [0.15, 0.2) is 0 Å². The lowest BCUT2D eigenvalue weighted by molar-refractivity contribution is 0.746. The van der Waals surface area contributed by atoms with E-state index in [1.165, 1.54) is 93.7 Å². The standard InChI is InChI=1S/C67H46N2/c1-6-18-47(19-7-1)49-30-37-57(38-31-49)68-63-29-17-16-28-59(63)61-44-51(34-42-64(61)68)52-35-43-65-62(45-52)60-41-36-56(46-66(60)69(65)58-39-32-50(33-40-58)48-20-8-2-9-21-48)67(53-22-10-3-11-23-53,54-24-12-4-13-25-54)55-26-14-5-15-27-55/h1-46H. The first-order valence-electron chi connectivity index (χ1n) is 23.8. The van der Waals surface area contributed by atoms with E-state index in [0.29, 0.717) is 0 Å². The van der Waals surface area contributed by atoms with Gasteiger partial charge in [-0.3, -0.25) is 0 Å². The van der Waals surface area contributed by atoms with E-state index in [-0.39, 0.29) is 0 Å². The van der Waals surface area contributed by atoms with E-state index in [2.05, 4.69) is 288 Å². The first kappa shape index (κ1) is 40.3. The van der Waals surface area contributed by atoms with Crippen LogP contribution in [-0.2, 0) is 5.41 Å². The largest absolute Gasteiger partial charge is 0.309 e. The molecule has 0 spiro atoms. The average molecular weight is 879 g/mol. The number of benzene rings is 11.